The molecule has 156 valence electrons. The number of Topliss-reactive ketones (excluding diaryl/α,β-unsaturated/α-hetero) is 1. The van der Waals surface area contributed by atoms with Gasteiger partial charge in [-0.25, -0.2) is 4.79 Å². The third-order valence-electron chi connectivity index (χ3n) is 7.46. The van der Waals surface area contributed by atoms with E-state index in [1.54, 1.807) is 0 Å². The first kappa shape index (κ1) is 21.0. The summed E-state index contributed by atoms with van der Waals surface area (Å²) in [7, 11) is 0. The molecule has 1 aliphatic heterocycles. The molecule has 6 nitrogen and oxygen atoms in total. The second-order valence-electron chi connectivity index (χ2n) is 9.41. The molecule has 0 bridgehead atoms. The van der Waals surface area contributed by atoms with Gasteiger partial charge in [-0.2, -0.15) is 0 Å². The molecule has 2 aliphatic carbocycles. The van der Waals surface area contributed by atoms with Crippen LogP contribution in [-0.4, -0.2) is 41.6 Å². The molecule has 3 rings (SSSR count). The fourth-order valence-corrected chi connectivity index (χ4v) is 5.79. The smallest absolute Gasteiger partial charge is 0.335 e. The summed E-state index contributed by atoms with van der Waals surface area (Å²) in [6.45, 7) is 9.43. The van der Waals surface area contributed by atoms with E-state index >= 15 is 0 Å². The lowest BCUT2D eigenvalue weighted by Gasteiger charge is -2.59. The predicted octanol–water partition coefficient (Wildman–Crippen LogP) is 2.96. The van der Waals surface area contributed by atoms with Crippen LogP contribution in [0.3, 0.4) is 0 Å². The minimum absolute atomic E-state index is 0.0539. The minimum Gasteiger partial charge on any atom is -0.462 e. The van der Waals surface area contributed by atoms with E-state index < -0.39 is 29.0 Å². The molecular weight excluding hydrogens is 360 g/mol. The van der Waals surface area contributed by atoms with Gasteiger partial charge in [0.25, 0.3) is 0 Å². The number of ether oxygens (including phenoxy) is 2. The SMILES string of the molecule is CC(=O)O[C@H]1C[C@@H](O)[C@]2(C)C3=C(CC[C@H]2[C@]1(C)CCC(=O)C(C)C)COC3=O. The molecule has 0 unspecified atom stereocenters. The monoisotopic (exact) mass is 392 g/mol. The number of ketones is 1. The molecule has 1 fully saturated rings. The maximum absolute atomic E-state index is 12.5. The largest absolute Gasteiger partial charge is 0.462 e. The summed E-state index contributed by atoms with van der Waals surface area (Å²) in [6, 6.07) is 0. The lowest BCUT2D eigenvalue weighted by Crippen LogP contribution is -2.61. The van der Waals surface area contributed by atoms with E-state index in [2.05, 4.69) is 6.92 Å². The van der Waals surface area contributed by atoms with Crippen molar-refractivity contribution in [3.05, 3.63) is 11.1 Å². The van der Waals surface area contributed by atoms with E-state index in [0.29, 0.717) is 25.0 Å². The second-order valence-corrected chi connectivity index (χ2v) is 9.41. The third kappa shape index (κ3) is 3.19. The van der Waals surface area contributed by atoms with Crippen molar-refractivity contribution < 1.29 is 29.0 Å². The molecule has 0 amide bonds. The number of aliphatic hydroxyl groups excluding tert-OH is 1. The molecule has 5 atom stereocenters. The average molecular weight is 392 g/mol. The Labute approximate surface area is 166 Å². The number of fused-ring (bicyclic) bond motifs is 2. The lowest BCUT2D eigenvalue weighted by atomic mass is 9.47. The third-order valence-corrected chi connectivity index (χ3v) is 7.46. The number of aliphatic hydroxyl groups is 1. The quantitative estimate of drug-likeness (QED) is 0.724. The van der Waals surface area contributed by atoms with Gasteiger partial charge in [0.15, 0.2) is 0 Å². The van der Waals surface area contributed by atoms with Crippen LogP contribution in [0.15, 0.2) is 11.1 Å². The van der Waals surface area contributed by atoms with Gasteiger partial charge in [-0.1, -0.05) is 27.7 Å². The summed E-state index contributed by atoms with van der Waals surface area (Å²) in [6.07, 6.45) is 1.41. The Morgan fingerprint density at radius 2 is 2.00 bits per heavy atom. The van der Waals surface area contributed by atoms with Gasteiger partial charge < -0.3 is 14.6 Å². The Hall–Kier alpha value is -1.69. The molecular formula is C22H32O6. The average Bonchev–Trinajstić information content (AvgIpc) is 2.99. The summed E-state index contributed by atoms with van der Waals surface area (Å²) >= 11 is 0. The Morgan fingerprint density at radius 3 is 2.61 bits per heavy atom. The Bertz CT molecular complexity index is 723. The highest BCUT2D eigenvalue weighted by Crippen LogP contribution is 2.62. The molecule has 0 saturated heterocycles. The van der Waals surface area contributed by atoms with Gasteiger partial charge in [0, 0.05) is 42.1 Å². The molecule has 0 aromatic carbocycles. The molecule has 1 heterocycles. The number of hydrogen-bond donors (Lipinski definition) is 1. The summed E-state index contributed by atoms with van der Waals surface area (Å²) in [5, 5.41) is 11.1. The zero-order chi connectivity index (χ0) is 20.9. The van der Waals surface area contributed by atoms with Crippen LogP contribution in [-0.2, 0) is 23.9 Å². The highest BCUT2D eigenvalue weighted by molar-refractivity contribution is 5.94. The number of rotatable bonds is 5. The van der Waals surface area contributed by atoms with Crippen molar-refractivity contribution in [1.82, 2.24) is 0 Å². The highest BCUT2D eigenvalue weighted by atomic mass is 16.5. The van der Waals surface area contributed by atoms with Gasteiger partial charge in [-0.3, -0.25) is 9.59 Å². The zero-order valence-corrected chi connectivity index (χ0v) is 17.5. The van der Waals surface area contributed by atoms with Crippen LogP contribution < -0.4 is 0 Å². The van der Waals surface area contributed by atoms with Gasteiger partial charge in [-0.05, 0) is 30.8 Å². The summed E-state index contributed by atoms with van der Waals surface area (Å²) in [4.78, 5) is 36.6. The van der Waals surface area contributed by atoms with Crippen LogP contribution in [0.25, 0.3) is 0 Å². The van der Waals surface area contributed by atoms with E-state index in [-0.39, 0.29) is 30.0 Å². The van der Waals surface area contributed by atoms with Gasteiger partial charge in [-0.15, -0.1) is 0 Å². The van der Waals surface area contributed by atoms with Crippen LogP contribution in [0.4, 0.5) is 0 Å². The maximum atomic E-state index is 12.5. The standard InChI is InChI=1S/C22H32O6/c1-12(2)15(24)8-9-21(4)16-7-6-14-11-27-20(26)19(14)22(16,5)17(25)10-18(21)28-13(3)23/h12,16-18,25H,6-11H2,1-5H3/t16-,17+,18-,21-,22+/m0/s1. The van der Waals surface area contributed by atoms with Crippen LogP contribution in [0.1, 0.15) is 66.7 Å². The molecule has 0 aromatic heterocycles. The number of esters is 2. The van der Waals surface area contributed by atoms with Crippen LogP contribution >= 0.6 is 0 Å². The molecule has 3 aliphatic rings. The maximum Gasteiger partial charge on any atom is 0.335 e. The summed E-state index contributed by atoms with van der Waals surface area (Å²) in [5.74, 6) is -0.697. The predicted molar refractivity (Wildman–Crippen MR) is 102 cm³/mol. The van der Waals surface area contributed by atoms with E-state index in [9.17, 15) is 19.5 Å². The Kier molecular flexibility index (Phi) is 5.47. The molecule has 6 heteroatoms. The molecule has 1 N–H and O–H groups in total. The zero-order valence-electron chi connectivity index (χ0n) is 17.5. The van der Waals surface area contributed by atoms with Gasteiger partial charge in [0.05, 0.1) is 6.10 Å². The Balaban J connectivity index is 2.01. The van der Waals surface area contributed by atoms with Gasteiger partial charge >= 0.3 is 11.9 Å². The summed E-state index contributed by atoms with van der Waals surface area (Å²) < 4.78 is 10.9. The first-order chi connectivity index (χ1) is 13.0. The minimum atomic E-state index is -0.813. The molecule has 28 heavy (non-hydrogen) atoms. The van der Waals surface area contributed by atoms with E-state index in [0.717, 1.165) is 18.4 Å². The normalized spacial score (nSPS) is 37.4. The van der Waals surface area contributed by atoms with Crippen molar-refractivity contribution in [3.8, 4) is 0 Å². The second kappa shape index (κ2) is 7.29. The van der Waals surface area contributed by atoms with Crippen molar-refractivity contribution in [2.45, 2.75) is 78.9 Å². The van der Waals surface area contributed by atoms with Gasteiger partial charge in [0.1, 0.15) is 18.5 Å². The fraction of sp³-hybridized carbons (Fsp3) is 0.773. The number of carbonyl (C=O) groups is 3. The van der Waals surface area contributed by atoms with Crippen molar-refractivity contribution in [2.75, 3.05) is 6.61 Å². The van der Waals surface area contributed by atoms with Crippen LogP contribution in [0.5, 0.6) is 0 Å². The van der Waals surface area contributed by atoms with Crippen molar-refractivity contribution >= 4 is 17.7 Å². The van der Waals surface area contributed by atoms with Crippen LogP contribution in [0, 0.1) is 22.7 Å². The number of hydrogen-bond acceptors (Lipinski definition) is 6. The lowest BCUT2D eigenvalue weighted by molar-refractivity contribution is -0.191. The number of carbonyl (C=O) groups excluding carboxylic acids is 3. The fourth-order valence-electron chi connectivity index (χ4n) is 5.79. The van der Waals surface area contributed by atoms with Crippen molar-refractivity contribution in [2.24, 2.45) is 22.7 Å². The van der Waals surface area contributed by atoms with Crippen molar-refractivity contribution in [1.29, 1.82) is 0 Å². The number of cyclic esters (lactones) is 1. The topological polar surface area (TPSA) is 89.9 Å². The van der Waals surface area contributed by atoms with Crippen molar-refractivity contribution in [3.63, 3.8) is 0 Å². The van der Waals surface area contributed by atoms with E-state index in [1.807, 2.05) is 20.8 Å². The van der Waals surface area contributed by atoms with Crippen LogP contribution in [0.2, 0.25) is 0 Å². The molecule has 1 saturated carbocycles. The molecule has 0 radical (unpaired) electrons. The highest BCUT2D eigenvalue weighted by Gasteiger charge is 2.63. The first-order valence-electron chi connectivity index (χ1n) is 10.3. The van der Waals surface area contributed by atoms with Gasteiger partial charge in [0.2, 0.25) is 0 Å². The Morgan fingerprint density at radius 1 is 1.32 bits per heavy atom. The summed E-state index contributed by atoms with van der Waals surface area (Å²) in [5.41, 5.74) is 0.326. The molecule has 0 spiro atoms. The van der Waals surface area contributed by atoms with E-state index in [4.69, 9.17) is 9.47 Å². The molecule has 0 aromatic rings. The first-order valence-corrected chi connectivity index (χ1v) is 10.3. The van der Waals surface area contributed by atoms with E-state index in [1.165, 1.54) is 6.92 Å².